The molecule has 0 amide bonds. The zero-order valence-electron chi connectivity index (χ0n) is 14.2. The maximum Gasteiger partial charge on any atom is 0.335 e. The van der Waals surface area contributed by atoms with Gasteiger partial charge < -0.3 is 9.84 Å². The van der Waals surface area contributed by atoms with Gasteiger partial charge >= 0.3 is 5.97 Å². The summed E-state index contributed by atoms with van der Waals surface area (Å²) in [6, 6.07) is 5.11. The van der Waals surface area contributed by atoms with Gasteiger partial charge in [0.2, 0.25) is 0 Å². The van der Waals surface area contributed by atoms with Gasteiger partial charge in [0.25, 0.3) is 0 Å². The molecule has 1 N–H and O–H groups in total. The number of hydrogen-bond donors (Lipinski definition) is 1. The van der Waals surface area contributed by atoms with Crippen LogP contribution in [0.2, 0.25) is 0 Å². The number of ether oxygens (including phenoxy) is 1. The monoisotopic (exact) mass is 319 g/mol. The van der Waals surface area contributed by atoms with E-state index in [4.69, 9.17) is 9.84 Å². The van der Waals surface area contributed by atoms with Crippen LogP contribution in [0.15, 0.2) is 18.2 Å². The number of carboxylic acid groups (broad SMARTS) is 1. The summed E-state index contributed by atoms with van der Waals surface area (Å²) in [7, 11) is 0. The van der Waals surface area contributed by atoms with Gasteiger partial charge in [0.1, 0.15) is 12.5 Å². The second-order valence-electron chi connectivity index (χ2n) is 6.43. The van der Waals surface area contributed by atoms with Crippen molar-refractivity contribution in [2.45, 2.75) is 64.8 Å². The van der Waals surface area contributed by atoms with E-state index in [0.717, 1.165) is 24.4 Å². The van der Waals surface area contributed by atoms with Crippen LogP contribution in [0.1, 0.15) is 74.2 Å². The van der Waals surface area contributed by atoms with E-state index in [9.17, 15) is 4.79 Å². The lowest BCUT2D eigenvalue weighted by molar-refractivity contribution is 0.0694. The lowest BCUT2D eigenvalue weighted by Crippen LogP contribution is -2.32. The van der Waals surface area contributed by atoms with Crippen LogP contribution in [0.3, 0.4) is 0 Å². The maximum absolute atomic E-state index is 11.1. The number of hydrogen-bond acceptors (Lipinski definition) is 3. The molecule has 1 aliphatic heterocycles. The fraction of sp³-hybridized carbons (Fsp3) is 0.632. The van der Waals surface area contributed by atoms with E-state index in [2.05, 4.69) is 11.8 Å². The molecule has 1 heterocycles. The van der Waals surface area contributed by atoms with Crippen LogP contribution in [0.5, 0.6) is 5.75 Å². The van der Waals surface area contributed by atoms with Crippen LogP contribution < -0.4 is 4.74 Å². The SMILES string of the molecule is CCCCCCCCCCN1COc2ccc(C(=O)O)cc2C1. The normalized spacial score (nSPS) is 14.3. The number of aromatic carboxylic acids is 1. The number of fused-ring (bicyclic) bond motifs is 1. The number of nitrogens with zero attached hydrogens (tertiary/aromatic N) is 1. The van der Waals surface area contributed by atoms with Gasteiger partial charge in [0.15, 0.2) is 0 Å². The molecule has 0 saturated carbocycles. The Morgan fingerprint density at radius 2 is 1.83 bits per heavy atom. The molecule has 0 bridgehead atoms. The lowest BCUT2D eigenvalue weighted by Gasteiger charge is -2.29. The van der Waals surface area contributed by atoms with Crippen LogP contribution in [-0.4, -0.2) is 29.3 Å². The third-order valence-corrected chi connectivity index (χ3v) is 4.43. The molecule has 1 aromatic carbocycles. The van der Waals surface area contributed by atoms with Gasteiger partial charge in [-0.05, 0) is 24.6 Å². The molecule has 0 saturated heterocycles. The van der Waals surface area contributed by atoms with E-state index in [0.29, 0.717) is 12.3 Å². The van der Waals surface area contributed by atoms with Gasteiger partial charge in [-0.15, -0.1) is 0 Å². The molecule has 0 spiro atoms. The molecule has 23 heavy (non-hydrogen) atoms. The third kappa shape index (κ3) is 5.87. The molecule has 1 aromatic rings. The quantitative estimate of drug-likeness (QED) is 0.636. The van der Waals surface area contributed by atoms with Crippen LogP contribution in [0.4, 0.5) is 0 Å². The molecule has 0 radical (unpaired) electrons. The van der Waals surface area contributed by atoms with E-state index in [1.165, 1.54) is 51.4 Å². The highest BCUT2D eigenvalue weighted by atomic mass is 16.5. The Morgan fingerprint density at radius 1 is 1.13 bits per heavy atom. The Kier molecular flexibility index (Phi) is 7.40. The van der Waals surface area contributed by atoms with E-state index in [-0.39, 0.29) is 0 Å². The summed E-state index contributed by atoms with van der Waals surface area (Å²) in [6.07, 6.45) is 10.5. The van der Waals surface area contributed by atoms with Crippen molar-refractivity contribution < 1.29 is 14.6 Å². The topological polar surface area (TPSA) is 49.8 Å². The molecule has 4 heteroatoms. The minimum absolute atomic E-state index is 0.335. The summed E-state index contributed by atoms with van der Waals surface area (Å²) < 4.78 is 5.73. The molecule has 1 aliphatic rings. The minimum Gasteiger partial charge on any atom is -0.478 e. The number of rotatable bonds is 10. The predicted octanol–water partition coefficient (Wildman–Crippen LogP) is 4.68. The molecule has 2 rings (SSSR count). The number of carboxylic acids is 1. The van der Waals surface area contributed by atoms with Gasteiger partial charge in [0.05, 0.1) is 5.56 Å². The lowest BCUT2D eigenvalue weighted by atomic mass is 10.1. The number of benzene rings is 1. The molecule has 4 nitrogen and oxygen atoms in total. The van der Waals surface area contributed by atoms with Gasteiger partial charge in [0, 0.05) is 18.7 Å². The largest absolute Gasteiger partial charge is 0.478 e. The minimum atomic E-state index is -0.881. The first-order chi connectivity index (χ1) is 11.2. The molecule has 128 valence electrons. The van der Waals surface area contributed by atoms with Crippen LogP contribution in [0.25, 0.3) is 0 Å². The number of unbranched alkanes of at least 4 members (excludes halogenated alkanes) is 7. The molecule has 0 aliphatic carbocycles. The van der Waals surface area contributed by atoms with Crippen LogP contribution in [0, 0.1) is 0 Å². The highest BCUT2D eigenvalue weighted by Crippen LogP contribution is 2.26. The highest BCUT2D eigenvalue weighted by molar-refractivity contribution is 5.88. The fourth-order valence-electron chi connectivity index (χ4n) is 3.04. The summed E-state index contributed by atoms with van der Waals surface area (Å²) in [6.45, 7) is 4.66. The summed E-state index contributed by atoms with van der Waals surface area (Å²) in [5.41, 5.74) is 1.32. The zero-order valence-corrected chi connectivity index (χ0v) is 14.2. The fourth-order valence-corrected chi connectivity index (χ4v) is 3.04. The van der Waals surface area contributed by atoms with Gasteiger partial charge in [-0.2, -0.15) is 0 Å². The predicted molar refractivity (Wildman–Crippen MR) is 91.9 cm³/mol. The zero-order chi connectivity index (χ0) is 16.5. The molecular weight excluding hydrogens is 290 g/mol. The molecule has 0 fully saturated rings. The van der Waals surface area contributed by atoms with Gasteiger partial charge in [-0.3, -0.25) is 4.90 Å². The Balaban J connectivity index is 1.67. The van der Waals surface area contributed by atoms with Gasteiger partial charge in [-0.1, -0.05) is 51.9 Å². The Hall–Kier alpha value is -1.55. The smallest absolute Gasteiger partial charge is 0.335 e. The van der Waals surface area contributed by atoms with Crippen molar-refractivity contribution in [3.63, 3.8) is 0 Å². The van der Waals surface area contributed by atoms with Gasteiger partial charge in [-0.25, -0.2) is 4.79 Å². The Morgan fingerprint density at radius 3 is 2.52 bits per heavy atom. The Bertz CT molecular complexity index is 501. The second-order valence-corrected chi connectivity index (χ2v) is 6.43. The first-order valence-corrected chi connectivity index (χ1v) is 8.92. The second kappa shape index (κ2) is 9.56. The third-order valence-electron chi connectivity index (χ3n) is 4.43. The molecule has 0 aromatic heterocycles. The van der Waals surface area contributed by atoms with Crippen molar-refractivity contribution in [3.05, 3.63) is 29.3 Å². The van der Waals surface area contributed by atoms with Crippen molar-refractivity contribution in [2.75, 3.05) is 13.3 Å². The first-order valence-electron chi connectivity index (χ1n) is 8.92. The van der Waals surface area contributed by atoms with Crippen LogP contribution in [-0.2, 0) is 6.54 Å². The van der Waals surface area contributed by atoms with E-state index in [1.807, 2.05) is 0 Å². The average molecular weight is 319 g/mol. The van der Waals surface area contributed by atoms with Crippen molar-refractivity contribution in [3.8, 4) is 5.75 Å². The summed E-state index contributed by atoms with van der Waals surface area (Å²) in [5, 5.41) is 9.08. The maximum atomic E-state index is 11.1. The average Bonchev–Trinajstić information content (AvgIpc) is 2.56. The van der Waals surface area contributed by atoms with Crippen molar-refractivity contribution >= 4 is 5.97 Å². The summed E-state index contributed by atoms with van der Waals surface area (Å²) in [4.78, 5) is 13.3. The standard InChI is InChI=1S/C19H29NO3/c1-2-3-4-5-6-7-8-9-12-20-14-17-13-16(19(21)22)10-11-18(17)23-15-20/h10-11,13H,2-9,12,14-15H2,1H3,(H,21,22). The van der Waals surface area contributed by atoms with Crippen molar-refractivity contribution in [1.82, 2.24) is 4.90 Å². The summed E-state index contributed by atoms with van der Waals surface area (Å²) >= 11 is 0. The van der Waals surface area contributed by atoms with E-state index >= 15 is 0 Å². The highest BCUT2D eigenvalue weighted by Gasteiger charge is 2.18. The molecular formula is C19H29NO3. The van der Waals surface area contributed by atoms with Crippen LogP contribution >= 0.6 is 0 Å². The molecule has 0 atom stereocenters. The van der Waals surface area contributed by atoms with E-state index in [1.54, 1.807) is 18.2 Å². The van der Waals surface area contributed by atoms with Crippen molar-refractivity contribution in [2.24, 2.45) is 0 Å². The number of carbonyl (C=O) groups is 1. The first kappa shape index (κ1) is 17.8. The van der Waals surface area contributed by atoms with E-state index < -0.39 is 5.97 Å². The van der Waals surface area contributed by atoms with Crippen molar-refractivity contribution in [1.29, 1.82) is 0 Å². The Labute approximate surface area is 139 Å². The summed E-state index contributed by atoms with van der Waals surface area (Å²) in [5.74, 6) is -0.0600. The molecule has 0 unspecified atom stereocenters.